The van der Waals surface area contributed by atoms with Crippen LogP contribution in [0.1, 0.15) is 63.9 Å². The summed E-state index contributed by atoms with van der Waals surface area (Å²) in [6.45, 7) is 6.83. The largest absolute Gasteiger partial charge is 0.373 e. The number of anilines is 1. The molecule has 0 aromatic carbocycles. The SMILES string of the molecule is CNc1cc(CC(C)C)nc(C2CCCC(C)C2)n1. The van der Waals surface area contributed by atoms with Crippen LogP contribution in [0.25, 0.3) is 0 Å². The fourth-order valence-corrected chi connectivity index (χ4v) is 3.02. The summed E-state index contributed by atoms with van der Waals surface area (Å²) in [5.74, 6) is 4.04. The zero-order valence-electron chi connectivity index (χ0n) is 12.7. The smallest absolute Gasteiger partial charge is 0.134 e. The van der Waals surface area contributed by atoms with Crippen molar-refractivity contribution in [1.29, 1.82) is 0 Å². The van der Waals surface area contributed by atoms with Crippen molar-refractivity contribution in [2.24, 2.45) is 11.8 Å². The first kappa shape index (κ1) is 14.3. The fraction of sp³-hybridized carbons (Fsp3) is 0.750. The van der Waals surface area contributed by atoms with Gasteiger partial charge in [0.05, 0.1) is 0 Å². The van der Waals surface area contributed by atoms with Gasteiger partial charge in [-0.25, -0.2) is 9.97 Å². The minimum atomic E-state index is 0.558. The van der Waals surface area contributed by atoms with Crippen molar-refractivity contribution in [3.05, 3.63) is 17.6 Å². The Hall–Kier alpha value is -1.12. The zero-order valence-corrected chi connectivity index (χ0v) is 12.7. The van der Waals surface area contributed by atoms with Gasteiger partial charge >= 0.3 is 0 Å². The van der Waals surface area contributed by atoms with Crippen molar-refractivity contribution >= 4 is 5.82 Å². The van der Waals surface area contributed by atoms with Crippen molar-refractivity contribution in [2.75, 3.05) is 12.4 Å². The van der Waals surface area contributed by atoms with Crippen LogP contribution in [-0.4, -0.2) is 17.0 Å². The average molecular weight is 261 g/mol. The van der Waals surface area contributed by atoms with E-state index in [0.29, 0.717) is 11.8 Å². The summed E-state index contributed by atoms with van der Waals surface area (Å²) >= 11 is 0. The average Bonchev–Trinajstić information content (AvgIpc) is 2.37. The highest BCUT2D eigenvalue weighted by atomic mass is 15.0. The highest BCUT2D eigenvalue weighted by molar-refractivity contribution is 5.36. The minimum absolute atomic E-state index is 0.558. The molecular formula is C16H27N3. The quantitative estimate of drug-likeness (QED) is 0.890. The minimum Gasteiger partial charge on any atom is -0.373 e. The van der Waals surface area contributed by atoms with Gasteiger partial charge in [0.25, 0.3) is 0 Å². The van der Waals surface area contributed by atoms with Crippen LogP contribution < -0.4 is 5.32 Å². The Labute approximate surface area is 117 Å². The third kappa shape index (κ3) is 3.92. The number of nitrogens with one attached hydrogen (secondary N) is 1. The third-order valence-corrected chi connectivity index (χ3v) is 3.97. The Morgan fingerprint density at radius 3 is 2.74 bits per heavy atom. The summed E-state index contributed by atoms with van der Waals surface area (Å²) in [4.78, 5) is 9.52. The maximum Gasteiger partial charge on any atom is 0.134 e. The molecule has 2 rings (SSSR count). The summed E-state index contributed by atoms with van der Waals surface area (Å²) in [6.07, 6.45) is 6.21. The van der Waals surface area contributed by atoms with Crippen LogP contribution in [-0.2, 0) is 6.42 Å². The second-order valence-corrected chi connectivity index (χ2v) is 6.42. The molecule has 0 saturated heterocycles. The van der Waals surface area contributed by atoms with Gasteiger partial charge in [0.15, 0.2) is 0 Å². The fourth-order valence-electron chi connectivity index (χ4n) is 3.02. The number of nitrogens with zero attached hydrogens (tertiary/aromatic N) is 2. The molecule has 0 amide bonds. The van der Waals surface area contributed by atoms with Gasteiger partial charge in [0.2, 0.25) is 0 Å². The summed E-state index contributed by atoms with van der Waals surface area (Å²) in [7, 11) is 1.94. The maximum absolute atomic E-state index is 4.83. The molecular weight excluding hydrogens is 234 g/mol. The molecule has 1 aromatic rings. The molecule has 106 valence electrons. The van der Waals surface area contributed by atoms with Crippen molar-refractivity contribution in [3.63, 3.8) is 0 Å². The van der Waals surface area contributed by atoms with E-state index < -0.39 is 0 Å². The van der Waals surface area contributed by atoms with Gasteiger partial charge in [-0.05, 0) is 31.1 Å². The van der Waals surface area contributed by atoms with Crippen LogP contribution in [0.3, 0.4) is 0 Å². The van der Waals surface area contributed by atoms with Gasteiger partial charge in [-0.2, -0.15) is 0 Å². The lowest BCUT2D eigenvalue weighted by Gasteiger charge is -2.26. The first-order chi connectivity index (χ1) is 9.08. The van der Waals surface area contributed by atoms with E-state index in [1.807, 2.05) is 7.05 Å². The van der Waals surface area contributed by atoms with E-state index in [2.05, 4.69) is 32.2 Å². The number of hydrogen-bond donors (Lipinski definition) is 1. The topological polar surface area (TPSA) is 37.8 Å². The van der Waals surface area contributed by atoms with Crippen molar-refractivity contribution in [1.82, 2.24) is 9.97 Å². The molecule has 2 unspecified atom stereocenters. The molecule has 1 saturated carbocycles. The van der Waals surface area contributed by atoms with E-state index in [4.69, 9.17) is 9.97 Å². The monoisotopic (exact) mass is 261 g/mol. The molecule has 0 bridgehead atoms. The molecule has 2 atom stereocenters. The van der Waals surface area contributed by atoms with E-state index in [9.17, 15) is 0 Å². The van der Waals surface area contributed by atoms with Gasteiger partial charge in [0.1, 0.15) is 11.6 Å². The predicted octanol–water partition coefficient (Wildman–Crippen LogP) is 4.01. The summed E-state index contributed by atoms with van der Waals surface area (Å²) in [5, 5.41) is 3.18. The van der Waals surface area contributed by atoms with Crippen molar-refractivity contribution < 1.29 is 0 Å². The molecule has 1 aromatic heterocycles. The Morgan fingerprint density at radius 2 is 2.11 bits per heavy atom. The summed E-state index contributed by atoms with van der Waals surface area (Å²) in [6, 6.07) is 2.09. The molecule has 3 heteroatoms. The van der Waals surface area contributed by atoms with Crippen LogP contribution >= 0.6 is 0 Å². The number of hydrogen-bond acceptors (Lipinski definition) is 3. The highest BCUT2D eigenvalue weighted by Gasteiger charge is 2.23. The van der Waals surface area contributed by atoms with Crippen molar-refractivity contribution in [2.45, 2.75) is 58.8 Å². The van der Waals surface area contributed by atoms with Gasteiger partial charge in [0, 0.05) is 24.7 Å². The lowest BCUT2D eigenvalue weighted by atomic mass is 9.82. The number of rotatable bonds is 4. The van der Waals surface area contributed by atoms with Crippen molar-refractivity contribution in [3.8, 4) is 0 Å². The Balaban J connectivity index is 2.22. The molecule has 1 aliphatic rings. The van der Waals surface area contributed by atoms with Crippen LogP contribution in [0.2, 0.25) is 0 Å². The molecule has 1 N–H and O–H groups in total. The second-order valence-electron chi connectivity index (χ2n) is 6.42. The third-order valence-electron chi connectivity index (χ3n) is 3.97. The Bertz CT molecular complexity index is 414. The zero-order chi connectivity index (χ0) is 13.8. The molecule has 1 fully saturated rings. The summed E-state index contributed by atoms with van der Waals surface area (Å²) < 4.78 is 0. The Kier molecular flexibility index (Phi) is 4.78. The second kappa shape index (κ2) is 6.36. The first-order valence-electron chi connectivity index (χ1n) is 7.64. The van der Waals surface area contributed by atoms with Gasteiger partial charge < -0.3 is 5.32 Å². The molecule has 1 aliphatic carbocycles. The van der Waals surface area contributed by atoms with Gasteiger partial charge in [-0.15, -0.1) is 0 Å². The lowest BCUT2D eigenvalue weighted by Crippen LogP contribution is -2.16. The van der Waals surface area contributed by atoms with E-state index >= 15 is 0 Å². The first-order valence-corrected chi connectivity index (χ1v) is 7.64. The van der Waals surface area contributed by atoms with E-state index in [1.54, 1.807) is 0 Å². The standard InChI is InChI=1S/C16H27N3/c1-11(2)8-14-10-15(17-4)19-16(18-14)13-7-5-6-12(3)9-13/h10-13H,5-9H2,1-4H3,(H,17,18,19). The molecule has 0 radical (unpaired) electrons. The van der Waals surface area contributed by atoms with E-state index in [0.717, 1.165) is 24.0 Å². The number of aromatic nitrogens is 2. The van der Waals surface area contributed by atoms with Crippen LogP contribution in [0.5, 0.6) is 0 Å². The molecule has 0 spiro atoms. The maximum atomic E-state index is 4.83. The molecule has 3 nitrogen and oxygen atoms in total. The Morgan fingerprint density at radius 1 is 1.32 bits per heavy atom. The van der Waals surface area contributed by atoms with Crippen LogP contribution in [0.15, 0.2) is 6.07 Å². The van der Waals surface area contributed by atoms with Gasteiger partial charge in [-0.3, -0.25) is 0 Å². The normalized spacial score (nSPS) is 23.6. The van der Waals surface area contributed by atoms with Crippen LogP contribution in [0.4, 0.5) is 5.82 Å². The predicted molar refractivity (Wildman–Crippen MR) is 80.5 cm³/mol. The highest BCUT2D eigenvalue weighted by Crippen LogP contribution is 2.34. The lowest BCUT2D eigenvalue weighted by molar-refractivity contribution is 0.334. The van der Waals surface area contributed by atoms with E-state index in [-0.39, 0.29) is 0 Å². The van der Waals surface area contributed by atoms with Gasteiger partial charge in [-0.1, -0.05) is 33.6 Å². The molecule has 19 heavy (non-hydrogen) atoms. The molecule has 1 heterocycles. The van der Waals surface area contributed by atoms with E-state index in [1.165, 1.54) is 31.4 Å². The van der Waals surface area contributed by atoms with Crippen LogP contribution in [0, 0.1) is 11.8 Å². The molecule has 0 aliphatic heterocycles. The summed E-state index contributed by atoms with van der Waals surface area (Å²) in [5.41, 5.74) is 1.18.